The first-order valence-electron chi connectivity index (χ1n) is 8.08. The summed E-state index contributed by atoms with van der Waals surface area (Å²) in [5.41, 5.74) is 0. The fraction of sp³-hybridized carbons (Fsp3) is 0.938. The van der Waals surface area contributed by atoms with Crippen molar-refractivity contribution in [3.05, 3.63) is 0 Å². The largest absolute Gasteiger partial charge is 0.465 e. The molecule has 4 nitrogen and oxygen atoms in total. The summed E-state index contributed by atoms with van der Waals surface area (Å²) < 4.78 is 7.67. The highest BCUT2D eigenvalue weighted by atomic mass is 16.5. The van der Waals surface area contributed by atoms with Crippen LogP contribution in [0.25, 0.3) is 0 Å². The highest BCUT2D eigenvalue weighted by Gasteiger charge is 2.34. The Morgan fingerprint density at radius 1 is 1.00 bits per heavy atom. The predicted molar refractivity (Wildman–Crippen MR) is 80.1 cm³/mol. The predicted octanol–water partition coefficient (Wildman–Crippen LogP) is 1.50. The van der Waals surface area contributed by atoms with Gasteiger partial charge in [0.25, 0.3) is 0 Å². The minimum atomic E-state index is 0.0479. The first-order valence-corrected chi connectivity index (χ1v) is 8.08. The van der Waals surface area contributed by atoms with Crippen LogP contribution < -0.4 is 0 Å². The van der Waals surface area contributed by atoms with Gasteiger partial charge in [-0.15, -0.1) is 0 Å². The number of piperidine rings is 2. The van der Waals surface area contributed by atoms with Gasteiger partial charge in [-0.05, 0) is 25.7 Å². The van der Waals surface area contributed by atoms with Crippen LogP contribution in [0.3, 0.4) is 0 Å². The Hall–Kier alpha value is -0.610. The van der Waals surface area contributed by atoms with Crippen molar-refractivity contribution in [2.45, 2.75) is 25.7 Å². The van der Waals surface area contributed by atoms with Crippen LogP contribution in [0.4, 0.5) is 0 Å². The van der Waals surface area contributed by atoms with Gasteiger partial charge in [-0.1, -0.05) is 0 Å². The molecule has 116 valence electrons. The van der Waals surface area contributed by atoms with Crippen molar-refractivity contribution in [2.24, 2.45) is 11.8 Å². The van der Waals surface area contributed by atoms with Crippen LogP contribution in [-0.2, 0) is 9.53 Å². The molecule has 0 amide bonds. The second-order valence-corrected chi connectivity index (χ2v) is 8.16. The minimum Gasteiger partial charge on any atom is -0.465 e. The smallest absolute Gasteiger partial charge is 0.314 e. The van der Waals surface area contributed by atoms with E-state index in [9.17, 15) is 4.79 Å². The number of hydrogen-bond donors (Lipinski definition) is 0. The molecular weight excluding hydrogens is 252 g/mol. The molecule has 4 heteroatoms. The van der Waals surface area contributed by atoms with Crippen molar-refractivity contribution >= 4 is 5.97 Å². The number of esters is 1. The molecule has 0 aromatic rings. The maximum atomic E-state index is 12.3. The van der Waals surface area contributed by atoms with Crippen molar-refractivity contribution < 1.29 is 18.5 Å². The Labute approximate surface area is 123 Å². The number of carbonyl (C=O) groups is 1. The second kappa shape index (κ2) is 6.02. The van der Waals surface area contributed by atoms with E-state index in [2.05, 4.69) is 28.2 Å². The molecule has 2 saturated heterocycles. The van der Waals surface area contributed by atoms with Crippen LogP contribution in [0.2, 0.25) is 0 Å². The highest BCUT2D eigenvalue weighted by Crippen LogP contribution is 2.23. The molecule has 2 aliphatic rings. The Morgan fingerprint density at radius 2 is 1.60 bits per heavy atom. The van der Waals surface area contributed by atoms with E-state index >= 15 is 0 Å². The van der Waals surface area contributed by atoms with Gasteiger partial charge in [0.2, 0.25) is 0 Å². The monoisotopic (exact) mass is 284 g/mol. The van der Waals surface area contributed by atoms with Gasteiger partial charge in [0, 0.05) is 5.92 Å². The summed E-state index contributed by atoms with van der Waals surface area (Å²) in [6.45, 7) is 5.13. The van der Waals surface area contributed by atoms with Gasteiger partial charge in [0.15, 0.2) is 0 Å². The van der Waals surface area contributed by atoms with Crippen molar-refractivity contribution in [1.82, 2.24) is 0 Å². The third-order valence-electron chi connectivity index (χ3n) is 4.95. The maximum absolute atomic E-state index is 12.3. The van der Waals surface area contributed by atoms with Crippen LogP contribution in [0.15, 0.2) is 0 Å². The first-order chi connectivity index (χ1) is 9.27. The molecule has 0 aromatic heterocycles. The zero-order valence-corrected chi connectivity index (χ0v) is 13.7. The molecule has 2 aliphatic heterocycles. The molecule has 2 unspecified atom stereocenters. The zero-order valence-electron chi connectivity index (χ0n) is 13.7. The lowest BCUT2D eigenvalue weighted by Gasteiger charge is -2.38. The summed E-state index contributed by atoms with van der Waals surface area (Å²) >= 11 is 0. The summed E-state index contributed by atoms with van der Waals surface area (Å²) in [6.07, 6.45) is 4.61. The summed E-state index contributed by atoms with van der Waals surface area (Å²) in [6, 6.07) is 0. The van der Waals surface area contributed by atoms with Gasteiger partial charge in [-0.3, -0.25) is 4.79 Å². The first kappa shape index (κ1) is 15.8. The highest BCUT2D eigenvalue weighted by molar-refractivity contribution is 5.72. The van der Waals surface area contributed by atoms with Gasteiger partial charge in [-0.2, -0.15) is 0 Å². The SMILES string of the molecule is C[N+]1(C)CCCC(COC(=O)C2CCC[N+](C)(C)C2)C1. The summed E-state index contributed by atoms with van der Waals surface area (Å²) in [5, 5.41) is 0. The van der Waals surface area contributed by atoms with E-state index in [-0.39, 0.29) is 11.9 Å². The van der Waals surface area contributed by atoms with Crippen LogP contribution in [-0.4, -0.2) is 75.9 Å². The Morgan fingerprint density at radius 3 is 2.20 bits per heavy atom. The van der Waals surface area contributed by atoms with Gasteiger partial charge in [0.1, 0.15) is 5.92 Å². The standard InChI is InChI=1S/C16H32N2O2/c1-17(2)9-5-7-14(11-17)13-20-16(19)15-8-6-10-18(3,4)12-15/h14-15H,5-13H2,1-4H3/q+2. The minimum absolute atomic E-state index is 0.0479. The Balaban J connectivity index is 1.77. The number of nitrogens with zero attached hydrogens (tertiary/aromatic N) is 2. The van der Waals surface area contributed by atoms with Crippen LogP contribution in [0.1, 0.15) is 25.7 Å². The number of hydrogen-bond acceptors (Lipinski definition) is 2. The topological polar surface area (TPSA) is 26.3 Å². The van der Waals surface area contributed by atoms with Gasteiger partial charge < -0.3 is 13.7 Å². The summed E-state index contributed by atoms with van der Waals surface area (Å²) in [4.78, 5) is 12.3. The van der Waals surface area contributed by atoms with E-state index in [0.29, 0.717) is 12.5 Å². The normalized spacial score (nSPS) is 32.6. The van der Waals surface area contributed by atoms with E-state index in [0.717, 1.165) is 34.9 Å². The number of likely N-dealkylation sites (tertiary alicyclic amines) is 2. The van der Waals surface area contributed by atoms with Crippen molar-refractivity contribution in [3.63, 3.8) is 0 Å². The molecule has 2 fully saturated rings. The molecular formula is C16H32N2O2+2. The fourth-order valence-corrected chi connectivity index (χ4v) is 3.88. The van der Waals surface area contributed by atoms with Gasteiger partial charge >= 0.3 is 5.97 Å². The van der Waals surface area contributed by atoms with Crippen LogP contribution >= 0.6 is 0 Å². The van der Waals surface area contributed by atoms with Gasteiger partial charge in [0.05, 0.1) is 61.0 Å². The van der Waals surface area contributed by atoms with Crippen molar-refractivity contribution in [1.29, 1.82) is 0 Å². The molecule has 20 heavy (non-hydrogen) atoms. The van der Waals surface area contributed by atoms with Crippen LogP contribution in [0, 0.1) is 11.8 Å². The lowest BCUT2D eigenvalue weighted by atomic mass is 9.96. The molecule has 0 radical (unpaired) electrons. The summed E-state index contributed by atoms with van der Waals surface area (Å²) in [5.74, 6) is 0.713. The van der Waals surface area contributed by atoms with Crippen molar-refractivity contribution in [2.75, 3.05) is 61.0 Å². The molecule has 0 aliphatic carbocycles. The van der Waals surface area contributed by atoms with E-state index in [1.165, 1.54) is 25.9 Å². The molecule has 0 spiro atoms. The fourth-order valence-electron chi connectivity index (χ4n) is 3.88. The van der Waals surface area contributed by atoms with Gasteiger partial charge in [-0.25, -0.2) is 0 Å². The third-order valence-corrected chi connectivity index (χ3v) is 4.95. The summed E-state index contributed by atoms with van der Waals surface area (Å²) in [7, 11) is 8.96. The average molecular weight is 284 g/mol. The lowest BCUT2D eigenvalue weighted by Crippen LogP contribution is -2.50. The Bertz CT molecular complexity index is 352. The number of carbonyl (C=O) groups excluding carboxylic acids is 1. The zero-order chi connectivity index (χ0) is 14.8. The van der Waals surface area contributed by atoms with Crippen LogP contribution in [0.5, 0.6) is 0 Å². The molecule has 2 atom stereocenters. The molecule has 2 heterocycles. The molecule has 0 N–H and O–H groups in total. The number of quaternary nitrogens is 2. The van der Waals surface area contributed by atoms with E-state index < -0.39 is 0 Å². The lowest BCUT2D eigenvalue weighted by molar-refractivity contribution is -0.898. The Kier molecular flexibility index (Phi) is 4.75. The van der Waals surface area contributed by atoms with Crippen molar-refractivity contribution in [3.8, 4) is 0 Å². The maximum Gasteiger partial charge on any atom is 0.314 e. The molecule has 0 aromatic carbocycles. The third kappa shape index (κ3) is 4.45. The van der Waals surface area contributed by atoms with E-state index in [4.69, 9.17) is 4.74 Å². The number of ether oxygens (including phenoxy) is 1. The number of rotatable bonds is 3. The molecule has 0 saturated carbocycles. The molecule has 0 bridgehead atoms. The average Bonchev–Trinajstić information content (AvgIpc) is 2.33. The second-order valence-electron chi connectivity index (χ2n) is 8.16. The van der Waals surface area contributed by atoms with E-state index in [1.54, 1.807) is 0 Å². The molecule has 2 rings (SSSR count). The van der Waals surface area contributed by atoms with E-state index in [1.807, 2.05) is 0 Å². The quantitative estimate of drug-likeness (QED) is 0.580.